The van der Waals surface area contributed by atoms with Crippen molar-refractivity contribution >= 4 is 0 Å². The molecule has 0 aliphatic carbocycles. The molecule has 0 rings (SSSR count). The Bertz CT molecular complexity index is 210. The minimum atomic E-state index is 0.111. The van der Waals surface area contributed by atoms with Gasteiger partial charge in [0, 0.05) is 0 Å². The summed E-state index contributed by atoms with van der Waals surface area (Å²) in [5.41, 5.74) is 0. The molecule has 1 unspecified atom stereocenters. The molecular formula is C23H47O. The molecule has 0 aromatic carbocycles. The van der Waals surface area contributed by atoms with Gasteiger partial charge in [-0.3, -0.25) is 0 Å². The summed E-state index contributed by atoms with van der Waals surface area (Å²) >= 11 is 0. The first-order valence-electron chi connectivity index (χ1n) is 11.3. The molecule has 24 heavy (non-hydrogen) atoms. The molecule has 0 N–H and O–H groups in total. The van der Waals surface area contributed by atoms with Crippen LogP contribution >= 0.6 is 0 Å². The topological polar surface area (TPSA) is 19.9 Å². The highest BCUT2D eigenvalue weighted by Crippen LogP contribution is 2.25. The van der Waals surface area contributed by atoms with Crippen LogP contribution in [0.2, 0.25) is 0 Å². The van der Waals surface area contributed by atoms with Crippen molar-refractivity contribution < 1.29 is 5.11 Å². The molecule has 0 aliphatic heterocycles. The van der Waals surface area contributed by atoms with Crippen LogP contribution in [0.4, 0.5) is 0 Å². The van der Waals surface area contributed by atoms with E-state index in [1.165, 1.54) is 103 Å². The van der Waals surface area contributed by atoms with Crippen molar-refractivity contribution in [2.75, 3.05) is 6.61 Å². The van der Waals surface area contributed by atoms with E-state index in [1.54, 1.807) is 0 Å². The molecule has 1 atom stereocenters. The van der Waals surface area contributed by atoms with Crippen LogP contribution in [-0.4, -0.2) is 6.61 Å². The van der Waals surface area contributed by atoms with Gasteiger partial charge in [-0.05, 0) is 18.3 Å². The van der Waals surface area contributed by atoms with Crippen molar-refractivity contribution in [1.29, 1.82) is 0 Å². The summed E-state index contributed by atoms with van der Waals surface area (Å²) in [5, 5.41) is 10.9. The van der Waals surface area contributed by atoms with E-state index in [1.807, 2.05) is 0 Å². The maximum atomic E-state index is 10.9. The van der Waals surface area contributed by atoms with Crippen LogP contribution < -0.4 is 0 Å². The molecule has 0 amide bonds. The van der Waals surface area contributed by atoms with Crippen LogP contribution in [-0.2, 0) is 5.11 Å². The fourth-order valence-corrected chi connectivity index (χ4v) is 3.70. The molecule has 0 spiro atoms. The average Bonchev–Trinajstić information content (AvgIpc) is 2.60. The minimum absolute atomic E-state index is 0.111. The van der Waals surface area contributed by atoms with Gasteiger partial charge in [-0.2, -0.15) is 0 Å². The number of rotatable bonds is 19. The quantitative estimate of drug-likeness (QED) is 0.211. The molecule has 0 aromatic heterocycles. The minimum Gasteiger partial charge on any atom is -0.236 e. The first-order chi connectivity index (χ1) is 11.7. The lowest BCUT2D eigenvalue weighted by Crippen LogP contribution is -2.04. The van der Waals surface area contributed by atoms with Gasteiger partial charge < -0.3 is 0 Å². The second-order valence-corrected chi connectivity index (χ2v) is 8.18. The van der Waals surface area contributed by atoms with E-state index < -0.39 is 0 Å². The van der Waals surface area contributed by atoms with Crippen molar-refractivity contribution in [3.8, 4) is 0 Å². The van der Waals surface area contributed by atoms with Gasteiger partial charge in [-0.25, -0.2) is 5.11 Å². The first kappa shape index (κ1) is 24.0. The Morgan fingerprint density at radius 1 is 0.542 bits per heavy atom. The average molecular weight is 340 g/mol. The second-order valence-electron chi connectivity index (χ2n) is 8.18. The summed E-state index contributed by atoms with van der Waals surface area (Å²) in [6, 6.07) is 0. The zero-order valence-electron chi connectivity index (χ0n) is 17.3. The number of hydrogen-bond acceptors (Lipinski definition) is 0. The molecule has 0 saturated heterocycles. The zero-order chi connectivity index (χ0) is 17.9. The van der Waals surface area contributed by atoms with Crippen molar-refractivity contribution in [3.05, 3.63) is 0 Å². The summed E-state index contributed by atoms with van der Waals surface area (Å²) in [6.45, 7) is 6.81. The lowest BCUT2D eigenvalue weighted by molar-refractivity contribution is 0.144. The lowest BCUT2D eigenvalue weighted by Gasteiger charge is -2.18. The Labute approximate surface area is 154 Å². The maximum absolute atomic E-state index is 10.9. The third-order valence-corrected chi connectivity index (χ3v) is 5.53. The molecule has 0 fully saturated rings. The standard InChI is InChI=1S/C23H47O/c1-4-6-8-10-12-14-18-23(20-16-17-22(3)21-24)19-15-13-11-9-7-5-2/h22-23H,4-21H2,1-3H3. The molecule has 1 heteroatoms. The molecular weight excluding hydrogens is 292 g/mol. The van der Waals surface area contributed by atoms with Crippen molar-refractivity contribution in [2.24, 2.45) is 11.8 Å². The van der Waals surface area contributed by atoms with Crippen LogP contribution in [0.25, 0.3) is 0 Å². The monoisotopic (exact) mass is 339 g/mol. The molecule has 145 valence electrons. The third-order valence-electron chi connectivity index (χ3n) is 5.53. The van der Waals surface area contributed by atoms with Gasteiger partial charge >= 0.3 is 0 Å². The van der Waals surface area contributed by atoms with Crippen LogP contribution in [0.1, 0.15) is 130 Å². The molecule has 0 heterocycles. The Morgan fingerprint density at radius 2 is 0.958 bits per heavy atom. The Morgan fingerprint density at radius 3 is 1.42 bits per heavy atom. The van der Waals surface area contributed by atoms with Crippen LogP contribution in [0.5, 0.6) is 0 Å². The molecule has 1 nitrogen and oxygen atoms in total. The lowest BCUT2D eigenvalue weighted by atomic mass is 9.89. The largest absolute Gasteiger partial charge is 0.236 e. The van der Waals surface area contributed by atoms with Gasteiger partial charge in [0.05, 0.1) is 6.61 Å². The SMILES string of the molecule is CCCCCCCCC(CCCCCCCC)CCCC(C)C[O]. The van der Waals surface area contributed by atoms with Gasteiger partial charge in [0.1, 0.15) is 0 Å². The predicted molar refractivity (Wildman–Crippen MR) is 108 cm³/mol. The van der Waals surface area contributed by atoms with E-state index in [0.717, 1.165) is 12.3 Å². The van der Waals surface area contributed by atoms with Gasteiger partial charge in [0.15, 0.2) is 0 Å². The summed E-state index contributed by atoms with van der Waals surface area (Å²) in [6.07, 6.45) is 23.6. The molecule has 0 aromatic rings. The van der Waals surface area contributed by atoms with E-state index in [-0.39, 0.29) is 6.61 Å². The van der Waals surface area contributed by atoms with E-state index >= 15 is 0 Å². The van der Waals surface area contributed by atoms with Gasteiger partial charge in [0.2, 0.25) is 0 Å². The van der Waals surface area contributed by atoms with E-state index in [2.05, 4.69) is 20.8 Å². The van der Waals surface area contributed by atoms with Gasteiger partial charge in [0.25, 0.3) is 0 Å². The van der Waals surface area contributed by atoms with Crippen LogP contribution in [0.3, 0.4) is 0 Å². The second kappa shape index (κ2) is 19.3. The van der Waals surface area contributed by atoms with Crippen molar-refractivity contribution in [1.82, 2.24) is 0 Å². The van der Waals surface area contributed by atoms with E-state index in [4.69, 9.17) is 0 Å². The van der Waals surface area contributed by atoms with Gasteiger partial charge in [-0.15, -0.1) is 0 Å². The van der Waals surface area contributed by atoms with Crippen LogP contribution in [0, 0.1) is 11.8 Å². The number of hydrogen-bond donors (Lipinski definition) is 0. The predicted octanol–water partition coefficient (Wildman–Crippen LogP) is 8.34. The number of unbranched alkanes of at least 4 members (excludes halogenated alkanes) is 10. The van der Waals surface area contributed by atoms with Crippen molar-refractivity contribution in [3.63, 3.8) is 0 Å². The van der Waals surface area contributed by atoms with Gasteiger partial charge in [-0.1, -0.05) is 124 Å². The Balaban J connectivity index is 3.82. The zero-order valence-corrected chi connectivity index (χ0v) is 17.3. The van der Waals surface area contributed by atoms with Crippen molar-refractivity contribution in [2.45, 2.75) is 130 Å². The highest BCUT2D eigenvalue weighted by molar-refractivity contribution is 4.63. The molecule has 0 aliphatic rings. The van der Waals surface area contributed by atoms with Crippen LogP contribution in [0.15, 0.2) is 0 Å². The van der Waals surface area contributed by atoms with E-state index in [9.17, 15) is 5.11 Å². The molecule has 0 saturated carbocycles. The molecule has 0 bridgehead atoms. The smallest absolute Gasteiger partial charge is 0.0847 e. The van der Waals surface area contributed by atoms with E-state index in [0.29, 0.717) is 5.92 Å². The highest BCUT2D eigenvalue weighted by Gasteiger charge is 2.10. The summed E-state index contributed by atoms with van der Waals surface area (Å²) in [7, 11) is 0. The summed E-state index contributed by atoms with van der Waals surface area (Å²) < 4.78 is 0. The highest BCUT2D eigenvalue weighted by atomic mass is 16.3. The summed E-state index contributed by atoms with van der Waals surface area (Å²) in [5.74, 6) is 1.31. The fourth-order valence-electron chi connectivity index (χ4n) is 3.70. The normalized spacial score (nSPS) is 12.9. The maximum Gasteiger partial charge on any atom is 0.0847 e. The Hall–Kier alpha value is -0.0400. The first-order valence-corrected chi connectivity index (χ1v) is 11.3. The third kappa shape index (κ3) is 16.8. The fraction of sp³-hybridized carbons (Fsp3) is 1.00. The summed E-state index contributed by atoms with van der Waals surface area (Å²) in [4.78, 5) is 0. The molecule has 1 radical (unpaired) electrons. The Kier molecular flexibility index (Phi) is 19.3.